The lowest BCUT2D eigenvalue weighted by Crippen LogP contribution is -2.47. The van der Waals surface area contributed by atoms with Crippen LogP contribution in [0.4, 0.5) is 5.69 Å². The van der Waals surface area contributed by atoms with Crippen LogP contribution in [0.25, 0.3) is 0 Å². The molecule has 152 valence electrons. The monoisotopic (exact) mass is 396 g/mol. The molecule has 0 radical (unpaired) electrons. The highest BCUT2D eigenvalue weighted by Gasteiger charge is 2.24. The molecule has 0 saturated carbocycles. The number of pyridine rings is 1. The summed E-state index contributed by atoms with van der Waals surface area (Å²) in [6.07, 6.45) is 1.64. The van der Waals surface area contributed by atoms with E-state index in [0.717, 1.165) is 19.5 Å². The zero-order valence-electron chi connectivity index (χ0n) is 16.2. The van der Waals surface area contributed by atoms with Gasteiger partial charge in [-0.05, 0) is 30.5 Å². The molecule has 2 aliphatic rings. The van der Waals surface area contributed by atoms with E-state index in [4.69, 9.17) is 4.74 Å². The number of aromatic nitrogens is 1. The Balaban J connectivity index is 1.34. The molecule has 8 heteroatoms. The number of anilines is 1. The van der Waals surface area contributed by atoms with E-state index in [-0.39, 0.29) is 18.4 Å². The minimum atomic E-state index is -0.710. The van der Waals surface area contributed by atoms with Crippen LogP contribution in [0.15, 0.2) is 36.5 Å². The van der Waals surface area contributed by atoms with Crippen LogP contribution in [0.3, 0.4) is 0 Å². The fraction of sp³-hybridized carbons (Fsp3) is 0.381. The largest absolute Gasteiger partial charge is 0.466 e. The first-order valence-corrected chi connectivity index (χ1v) is 9.70. The minimum absolute atomic E-state index is 0.0876. The molecule has 2 aliphatic heterocycles. The summed E-state index contributed by atoms with van der Waals surface area (Å²) in [5.74, 6) is -0.362. The van der Waals surface area contributed by atoms with Crippen LogP contribution in [-0.4, -0.2) is 58.6 Å². The van der Waals surface area contributed by atoms with E-state index >= 15 is 0 Å². The lowest BCUT2D eigenvalue weighted by Gasteiger charge is -2.32. The van der Waals surface area contributed by atoms with Crippen molar-refractivity contribution in [2.45, 2.75) is 32.0 Å². The van der Waals surface area contributed by atoms with Gasteiger partial charge in [-0.3, -0.25) is 14.5 Å². The fourth-order valence-electron chi connectivity index (χ4n) is 3.62. The first kappa shape index (κ1) is 19.4. The van der Waals surface area contributed by atoms with Crippen LogP contribution >= 0.6 is 0 Å². The van der Waals surface area contributed by atoms with Crippen molar-refractivity contribution in [3.8, 4) is 5.88 Å². The first-order chi connectivity index (χ1) is 14.0. The predicted octanol–water partition coefficient (Wildman–Crippen LogP) is 0.950. The van der Waals surface area contributed by atoms with E-state index in [0.29, 0.717) is 23.7 Å². The number of β-amino-alcohol motifs (C(OH)–C–C–N with tert-alkyl or cyclic N) is 1. The summed E-state index contributed by atoms with van der Waals surface area (Å²) in [5, 5.41) is 16.0. The van der Waals surface area contributed by atoms with Crippen LogP contribution in [0.1, 0.15) is 28.4 Å². The topological polar surface area (TPSA) is 104 Å². The van der Waals surface area contributed by atoms with E-state index in [1.54, 1.807) is 6.92 Å². The Kier molecular flexibility index (Phi) is 5.46. The minimum Gasteiger partial charge on any atom is -0.466 e. The number of rotatable bonds is 5. The van der Waals surface area contributed by atoms with E-state index < -0.39 is 12.1 Å². The van der Waals surface area contributed by atoms with Crippen LogP contribution in [-0.2, 0) is 17.8 Å². The summed E-state index contributed by atoms with van der Waals surface area (Å²) in [7, 11) is 0. The summed E-state index contributed by atoms with van der Waals surface area (Å²) in [4.78, 5) is 30.3. The molecule has 1 aromatic carbocycles. The van der Waals surface area contributed by atoms with Gasteiger partial charge in [-0.1, -0.05) is 24.3 Å². The number of aliphatic hydroxyl groups excluding tert-OH is 1. The highest BCUT2D eigenvalue weighted by atomic mass is 16.5. The van der Waals surface area contributed by atoms with Gasteiger partial charge in [0.1, 0.15) is 5.69 Å². The van der Waals surface area contributed by atoms with Crippen LogP contribution in [0.2, 0.25) is 0 Å². The van der Waals surface area contributed by atoms with Gasteiger partial charge < -0.3 is 20.5 Å². The zero-order chi connectivity index (χ0) is 20.4. The van der Waals surface area contributed by atoms with E-state index in [1.807, 2.05) is 12.1 Å². The molecule has 0 saturated heterocycles. The number of nitrogens with zero attached hydrogens (tertiary/aromatic N) is 2. The molecule has 0 spiro atoms. The molecule has 3 N–H and O–H groups in total. The highest BCUT2D eigenvalue weighted by Crippen LogP contribution is 2.25. The van der Waals surface area contributed by atoms with E-state index in [1.165, 1.54) is 23.4 Å². The Labute approximate surface area is 168 Å². The maximum absolute atomic E-state index is 12.6. The van der Waals surface area contributed by atoms with Crippen molar-refractivity contribution in [1.29, 1.82) is 0 Å². The Bertz CT molecular complexity index is 933. The van der Waals surface area contributed by atoms with Gasteiger partial charge in [0.25, 0.3) is 11.8 Å². The van der Waals surface area contributed by atoms with Gasteiger partial charge in [-0.2, -0.15) is 0 Å². The molecule has 29 heavy (non-hydrogen) atoms. The second-order valence-corrected chi connectivity index (χ2v) is 7.50. The normalized spacial score (nSPS) is 17.9. The van der Waals surface area contributed by atoms with Crippen molar-refractivity contribution in [1.82, 2.24) is 15.2 Å². The van der Waals surface area contributed by atoms with Crippen molar-refractivity contribution < 1.29 is 19.4 Å². The van der Waals surface area contributed by atoms with Gasteiger partial charge in [0.2, 0.25) is 5.88 Å². The molecule has 4 rings (SSSR count). The number of fused-ring (bicyclic) bond motifs is 2. The highest BCUT2D eigenvalue weighted by molar-refractivity contribution is 5.99. The Morgan fingerprint density at radius 1 is 1.38 bits per heavy atom. The number of carbonyl (C=O) groups excluding carboxylic acids is 2. The van der Waals surface area contributed by atoms with Gasteiger partial charge in [0.15, 0.2) is 6.61 Å². The van der Waals surface area contributed by atoms with Crippen molar-refractivity contribution in [3.63, 3.8) is 0 Å². The number of hydrogen-bond donors (Lipinski definition) is 3. The average Bonchev–Trinajstić information content (AvgIpc) is 2.73. The van der Waals surface area contributed by atoms with Gasteiger partial charge in [-0.15, -0.1) is 0 Å². The van der Waals surface area contributed by atoms with E-state index in [2.05, 4.69) is 32.7 Å². The number of hydrogen-bond acceptors (Lipinski definition) is 6. The number of aliphatic hydroxyl groups is 1. The number of carbonyl (C=O) groups is 2. The smallest absolute Gasteiger partial charge is 0.262 e. The summed E-state index contributed by atoms with van der Waals surface area (Å²) in [6, 6.07) is 9.42. The fourth-order valence-corrected chi connectivity index (χ4v) is 3.62. The Morgan fingerprint density at radius 2 is 2.17 bits per heavy atom. The van der Waals surface area contributed by atoms with Crippen LogP contribution < -0.4 is 15.4 Å². The predicted molar refractivity (Wildman–Crippen MR) is 107 cm³/mol. The molecule has 0 aliphatic carbocycles. The third kappa shape index (κ3) is 4.38. The van der Waals surface area contributed by atoms with Crippen LogP contribution in [0.5, 0.6) is 5.88 Å². The molecular formula is C21H24N4O4. The Hall–Kier alpha value is -2.97. The second-order valence-electron chi connectivity index (χ2n) is 7.50. The van der Waals surface area contributed by atoms with Crippen molar-refractivity contribution in [2.24, 2.45) is 0 Å². The number of ether oxygens (including phenoxy) is 1. The standard InChI is InChI=1S/C21H24N4O4/c1-13(18(26)11-25-7-6-14-4-2-3-5-15(14)10-25)23-20(28)16-8-17-21(22-9-16)29-12-19(27)24-17/h2-5,8-9,13,18,26H,6-7,10-12H2,1H3,(H,23,28)(H,24,27)/t13-,18+/m0/s1. The van der Waals surface area contributed by atoms with Crippen LogP contribution in [0, 0.1) is 0 Å². The van der Waals surface area contributed by atoms with Gasteiger partial charge >= 0.3 is 0 Å². The second kappa shape index (κ2) is 8.18. The molecule has 0 unspecified atom stereocenters. The molecule has 0 bridgehead atoms. The van der Waals surface area contributed by atoms with Gasteiger partial charge in [-0.25, -0.2) is 4.98 Å². The lowest BCUT2D eigenvalue weighted by molar-refractivity contribution is -0.118. The van der Waals surface area contributed by atoms with Crippen molar-refractivity contribution in [3.05, 3.63) is 53.2 Å². The quantitative estimate of drug-likeness (QED) is 0.695. The third-order valence-electron chi connectivity index (χ3n) is 5.32. The van der Waals surface area contributed by atoms with Crippen molar-refractivity contribution in [2.75, 3.05) is 25.0 Å². The molecular weight excluding hydrogens is 372 g/mol. The van der Waals surface area contributed by atoms with Gasteiger partial charge in [0.05, 0.1) is 17.7 Å². The molecule has 2 aromatic rings. The number of nitrogens with one attached hydrogen (secondary N) is 2. The zero-order valence-corrected chi connectivity index (χ0v) is 16.2. The number of amides is 2. The molecule has 0 fully saturated rings. The Morgan fingerprint density at radius 3 is 3.00 bits per heavy atom. The summed E-state index contributed by atoms with van der Waals surface area (Å²) in [5.41, 5.74) is 3.30. The lowest BCUT2D eigenvalue weighted by atomic mass is 9.99. The molecule has 1 aromatic heterocycles. The molecule has 8 nitrogen and oxygen atoms in total. The molecule has 3 heterocycles. The summed E-state index contributed by atoms with van der Waals surface area (Å²) >= 11 is 0. The molecule has 2 amide bonds. The maximum atomic E-state index is 12.6. The summed E-state index contributed by atoms with van der Waals surface area (Å²) < 4.78 is 5.20. The third-order valence-corrected chi connectivity index (χ3v) is 5.32. The van der Waals surface area contributed by atoms with Crippen molar-refractivity contribution >= 4 is 17.5 Å². The van der Waals surface area contributed by atoms with E-state index in [9.17, 15) is 14.7 Å². The summed E-state index contributed by atoms with van der Waals surface area (Å²) in [6.45, 7) is 3.83. The van der Waals surface area contributed by atoms with Gasteiger partial charge in [0, 0.05) is 25.8 Å². The SMILES string of the molecule is C[C@H](NC(=O)c1cnc2c(c1)NC(=O)CO2)[C@H](O)CN1CCc2ccccc2C1. The first-order valence-electron chi connectivity index (χ1n) is 9.70. The number of benzene rings is 1. The maximum Gasteiger partial charge on any atom is 0.262 e. The molecule has 2 atom stereocenters. The average molecular weight is 396 g/mol.